The Balaban J connectivity index is 1.45. The van der Waals surface area contributed by atoms with Crippen LogP contribution in [0.25, 0.3) is 0 Å². The van der Waals surface area contributed by atoms with E-state index in [2.05, 4.69) is 25.9 Å². The van der Waals surface area contributed by atoms with Gasteiger partial charge in [-0.2, -0.15) is 10.1 Å². The van der Waals surface area contributed by atoms with Crippen molar-refractivity contribution >= 4 is 11.7 Å². The molecule has 8 heteroatoms. The third kappa shape index (κ3) is 3.52. The van der Waals surface area contributed by atoms with Crippen LogP contribution in [0.2, 0.25) is 0 Å². The molecule has 1 aromatic carbocycles. The van der Waals surface area contributed by atoms with Crippen molar-refractivity contribution in [3.8, 4) is 0 Å². The molecule has 2 aliphatic rings. The minimum atomic E-state index is -0.586. The molecule has 0 bridgehead atoms. The number of rotatable bonds is 6. The molecule has 0 saturated heterocycles. The number of fused-ring (bicyclic) bond motifs is 1. The predicted molar refractivity (Wildman–Crippen MR) is 99.8 cm³/mol. The minimum Gasteiger partial charge on any atom is -0.387 e. The number of hydrogen-bond acceptors (Lipinski definition) is 7. The van der Waals surface area contributed by atoms with Crippen LogP contribution in [0, 0.1) is 6.92 Å². The van der Waals surface area contributed by atoms with Gasteiger partial charge in [0.1, 0.15) is 12.7 Å². The third-order valence-electron chi connectivity index (χ3n) is 4.20. The number of hydrazine groups is 1. The summed E-state index contributed by atoms with van der Waals surface area (Å²) in [7, 11) is 0. The molecule has 1 aromatic heterocycles. The number of aliphatic imine (C=N–C) groups is 1. The first kappa shape index (κ1) is 16.5. The highest BCUT2D eigenvalue weighted by atomic mass is 16.3. The van der Waals surface area contributed by atoms with Crippen molar-refractivity contribution in [3.05, 3.63) is 72.1 Å². The molecule has 4 rings (SSSR count). The summed E-state index contributed by atoms with van der Waals surface area (Å²) in [5, 5.41) is 22.7. The highest BCUT2D eigenvalue weighted by Crippen LogP contribution is 2.18. The number of amidine groups is 1. The Morgan fingerprint density at radius 1 is 1.35 bits per heavy atom. The van der Waals surface area contributed by atoms with Crippen molar-refractivity contribution in [2.75, 3.05) is 18.4 Å². The van der Waals surface area contributed by atoms with E-state index in [1.54, 1.807) is 6.20 Å². The van der Waals surface area contributed by atoms with Gasteiger partial charge in [0.15, 0.2) is 12.0 Å². The lowest BCUT2D eigenvalue weighted by Gasteiger charge is -2.26. The van der Waals surface area contributed by atoms with Gasteiger partial charge in [-0.1, -0.05) is 30.3 Å². The summed E-state index contributed by atoms with van der Waals surface area (Å²) in [5.41, 5.74) is 5.12. The summed E-state index contributed by atoms with van der Waals surface area (Å²) in [5.74, 6) is 2.46. The Kier molecular flexibility index (Phi) is 4.53. The van der Waals surface area contributed by atoms with Crippen LogP contribution >= 0.6 is 0 Å². The second-order valence-electron chi connectivity index (χ2n) is 6.21. The molecule has 26 heavy (non-hydrogen) atoms. The number of aryl methyl sites for hydroxylation is 1. The molecule has 0 amide bonds. The van der Waals surface area contributed by atoms with Gasteiger partial charge in [-0.05, 0) is 17.4 Å². The van der Waals surface area contributed by atoms with Crippen molar-refractivity contribution in [2.45, 2.75) is 13.0 Å². The molecular weight excluding hydrogens is 330 g/mol. The SMILES string of the molecule is Cc1cc(NC2=CN(NC[C@H](O)c3ccccc3)CC3=NC=C[N+]23)n[nH]1. The zero-order valence-electron chi connectivity index (χ0n) is 14.4. The van der Waals surface area contributed by atoms with Crippen LogP contribution in [0.1, 0.15) is 17.4 Å². The first-order valence-electron chi connectivity index (χ1n) is 8.45. The van der Waals surface area contributed by atoms with Crippen molar-refractivity contribution < 1.29 is 5.11 Å². The monoisotopic (exact) mass is 351 g/mol. The third-order valence-corrected chi connectivity index (χ3v) is 4.20. The largest absolute Gasteiger partial charge is 0.387 e. The molecule has 0 unspecified atom stereocenters. The Bertz CT molecular complexity index is 855. The number of anilines is 1. The first-order valence-corrected chi connectivity index (χ1v) is 8.45. The van der Waals surface area contributed by atoms with Gasteiger partial charge >= 0.3 is 0 Å². The van der Waals surface area contributed by atoms with Crippen LogP contribution in [0.5, 0.6) is 0 Å². The van der Waals surface area contributed by atoms with Crippen LogP contribution in [0.4, 0.5) is 5.82 Å². The van der Waals surface area contributed by atoms with E-state index in [0.29, 0.717) is 13.1 Å². The maximum atomic E-state index is 10.3. The van der Waals surface area contributed by atoms with Crippen LogP contribution < -0.4 is 15.6 Å². The van der Waals surface area contributed by atoms with Gasteiger partial charge in [0.05, 0.1) is 12.3 Å². The first-order chi connectivity index (χ1) is 12.7. The average molecular weight is 351 g/mol. The maximum Gasteiger partial charge on any atom is 0.285 e. The van der Waals surface area contributed by atoms with Crippen molar-refractivity contribution in [2.24, 2.45) is 4.99 Å². The minimum absolute atomic E-state index is 0.399. The van der Waals surface area contributed by atoms with Crippen molar-refractivity contribution in [1.29, 1.82) is 0 Å². The van der Waals surface area contributed by atoms with Gasteiger partial charge in [-0.25, -0.2) is 5.43 Å². The molecule has 3 heterocycles. The van der Waals surface area contributed by atoms with Crippen molar-refractivity contribution in [3.63, 3.8) is 0 Å². The van der Waals surface area contributed by atoms with Gasteiger partial charge in [0.25, 0.3) is 11.7 Å². The fourth-order valence-electron chi connectivity index (χ4n) is 2.88. The molecule has 1 radical (unpaired) electrons. The van der Waals surface area contributed by atoms with E-state index >= 15 is 0 Å². The molecule has 0 fully saturated rings. The smallest absolute Gasteiger partial charge is 0.285 e. The van der Waals surface area contributed by atoms with Gasteiger partial charge < -0.3 is 5.11 Å². The lowest BCUT2D eigenvalue weighted by molar-refractivity contribution is 0.142. The highest BCUT2D eigenvalue weighted by Gasteiger charge is 2.37. The lowest BCUT2D eigenvalue weighted by atomic mass is 10.1. The average Bonchev–Trinajstić information content (AvgIpc) is 3.29. The summed E-state index contributed by atoms with van der Waals surface area (Å²) < 4.78 is 0. The van der Waals surface area contributed by atoms with Gasteiger partial charge in [0, 0.05) is 18.3 Å². The van der Waals surface area contributed by atoms with E-state index in [9.17, 15) is 5.11 Å². The molecule has 1 atom stereocenters. The summed E-state index contributed by atoms with van der Waals surface area (Å²) in [6, 6.07) is 11.5. The zero-order chi connectivity index (χ0) is 17.9. The number of benzene rings is 1. The Morgan fingerprint density at radius 3 is 2.96 bits per heavy atom. The summed E-state index contributed by atoms with van der Waals surface area (Å²) in [6.45, 7) is 2.95. The predicted octanol–water partition coefficient (Wildman–Crippen LogP) is 1.51. The zero-order valence-corrected chi connectivity index (χ0v) is 14.4. The van der Waals surface area contributed by atoms with Crippen molar-refractivity contribution in [1.82, 2.24) is 25.5 Å². The topological polar surface area (TPSA) is 94.5 Å². The molecule has 2 aliphatic heterocycles. The Labute approximate surface area is 151 Å². The number of aromatic nitrogens is 2. The van der Waals surface area contributed by atoms with Gasteiger partial charge in [-0.15, -0.1) is 0 Å². The Hall–Kier alpha value is -2.94. The second-order valence-corrected chi connectivity index (χ2v) is 6.21. The molecule has 2 aromatic rings. The number of hydrogen-bond donors (Lipinski definition) is 4. The molecule has 8 nitrogen and oxygen atoms in total. The lowest BCUT2D eigenvalue weighted by Crippen LogP contribution is -2.50. The molecule has 0 spiro atoms. The fourth-order valence-corrected chi connectivity index (χ4v) is 2.88. The number of aliphatic hydroxyl groups excluding tert-OH is 1. The molecular formula is C18H21N7O+. The van der Waals surface area contributed by atoms with E-state index in [1.807, 2.05) is 65.6 Å². The molecule has 4 N–H and O–H groups in total. The van der Waals surface area contributed by atoms with Crippen LogP contribution in [0.3, 0.4) is 0 Å². The second kappa shape index (κ2) is 7.12. The Morgan fingerprint density at radius 2 is 2.19 bits per heavy atom. The maximum absolute atomic E-state index is 10.3. The van der Waals surface area contributed by atoms with Gasteiger partial charge in [0.2, 0.25) is 0 Å². The fraction of sp³-hybridized carbons (Fsp3) is 0.222. The van der Waals surface area contributed by atoms with E-state index < -0.39 is 6.10 Å². The number of nitrogens with one attached hydrogen (secondary N) is 3. The van der Waals surface area contributed by atoms with E-state index in [-0.39, 0.29) is 0 Å². The van der Waals surface area contributed by atoms with Crippen LogP contribution in [-0.2, 0) is 0 Å². The van der Waals surface area contributed by atoms with E-state index in [0.717, 1.165) is 28.7 Å². The number of aromatic amines is 1. The normalized spacial score (nSPS) is 17.7. The molecule has 0 saturated carbocycles. The van der Waals surface area contributed by atoms with Crippen LogP contribution in [0.15, 0.2) is 65.8 Å². The quantitative estimate of drug-likeness (QED) is 0.592. The molecule has 0 aliphatic carbocycles. The summed E-state index contributed by atoms with van der Waals surface area (Å²) in [4.78, 5) is 6.38. The number of nitrogens with zero attached hydrogens (tertiary/aromatic N) is 4. The highest BCUT2D eigenvalue weighted by molar-refractivity contribution is 5.93. The van der Waals surface area contributed by atoms with E-state index in [1.165, 1.54) is 0 Å². The molecule has 133 valence electrons. The summed E-state index contributed by atoms with van der Waals surface area (Å²) in [6.07, 6.45) is 5.03. The van der Waals surface area contributed by atoms with E-state index in [4.69, 9.17) is 0 Å². The number of aliphatic hydroxyl groups is 1. The van der Waals surface area contributed by atoms with Crippen LogP contribution in [-0.4, -0.2) is 39.2 Å². The number of H-pyrrole nitrogens is 1. The standard InChI is InChI=1S/C18H21N7O/c1-13-9-16(23-22-13)21-18-12-24(11-17-19-7-8-25(17)18)20-10-15(26)14-5-3-2-4-6-14/h2-9,12,15,20,26H,10-11H2,1H3,(H2,21,22,23)/q+1/t15-/m0/s1. The summed E-state index contributed by atoms with van der Waals surface area (Å²) >= 11 is 0. The van der Waals surface area contributed by atoms with Gasteiger partial charge in [-0.3, -0.25) is 15.4 Å².